The molecule has 0 aliphatic heterocycles. The molecule has 0 fully saturated rings. The van der Waals surface area contributed by atoms with Crippen LogP contribution in [0.4, 0.5) is 0 Å². The van der Waals surface area contributed by atoms with E-state index in [-0.39, 0.29) is 11.5 Å². The van der Waals surface area contributed by atoms with E-state index in [2.05, 4.69) is 0 Å². The van der Waals surface area contributed by atoms with Crippen LogP contribution in [-0.4, -0.2) is 10.2 Å². The van der Waals surface area contributed by atoms with Crippen LogP contribution >= 0.6 is 0 Å². The molecule has 0 saturated carbocycles. The monoisotopic (exact) mass is 269 g/mol. The SMILES string of the molecule is [2H]C([2H])(C)C1=C(c2ccc(O)cc2)C([2H])(C)c2cc(O)ccc21. The second kappa shape index (κ2) is 4.71. The van der Waals surface area contributed by atoms with Gasteiger partial charge in [-0.25, -0.2) is 0 Å². The van der Waals surface area contributed by atoms with Gasteiger partial charge in [0.1, 0.15) is 11.5 Å². The highest BCUT2D eigenvalue weighted by Crippen LogP contribution is 2.48. The average molecular weight is 269 g/mol. The minimum Gasteiger partial charge on any atom is -0.508 e. The van der Waals surface area contributed by atoms with E-state index in [1.54, 1.807) is 25.1 Å². The molecular weight excluding hydrogens is 248 g/mol. The van der Waals surface area contributed by atoms with Gasteiger partial charge in [0, 0.05) is 10.0 Å². The Hall–Kier alpha value is -2.22. The maximum atomic E-state index is 9.78. The van der Waals surface area contributed by atoms with E-state index in [1.807, 2.05) is 0 Å². The molecule has 2 aromatic carbocycles. The van der Waals surface area contributed by atoms with Crippen LogP contribution in [-0.2, 0) is 0 Å². The third kappa shape index (κ3) is 1.88. The fourth-order valence-electron chi connectivity index (χ4n) is 2.77. The van der Waals surface area contributed by atoms with Crippen LogP contribution < -0.4 is 0 Å². The van der Waals surface area contributed by atoms with E-state index in [0.29, 0.717) is 27.8 Å². The van der Waals surface area contributed by atoms with Crippen molar-refractivity contribution in [3.8, 4) is 11.5 Å². The smallest absolute Gasteiger partial charge is 0.115 e. The Balaban J connectivity index is 2.35. The normalized spacial score (nSPS) is 24.0. The zero-order valence-electron chi connectivity index (χ0n) is 14.4. The van der Waals surface area contributed by atoms with Crippen molar-refractivity contribution in [3.63, 3.8) is 0 Å². The summed E-state index contributed by atoms with van der Waals surface area (Å²) in [6.45, 7) is 3.17. The molecule has 0 spiro atoms. The lowest BCUT2D eigenvalue weighted by atomic mass is 9.92. The number of hydrogen-bond acceptors (Lipinski definition) is 2. The maximum Gasteiger partial charge on any atom is 0.115 e. The van der Waals surface area contributed by atoms with Crippen molar-refractivity contribution in [2.75, 3.05) is 0 Å². The van der Waals surface area contributed by atoms with Crippen LogP contribution in [0.5, 0.6) is 11.5 Å². The molecule has 0 saturated heterocycles. The van der Waals surface area contributed by atoms with Crippen molar-refractivity contribution in [2.24, 2.45) is 0 Å². The second-order valence-electron chi connectivity index (χ2n) is 4.90. The fourth-order valence-corrected chi connectivity index (χ4v) is 2.77. The lowest BCUT2D eigenvalue weighted by molar-refractivity contribution is 0.474. The highest BCUT2D eigenvalue weighted by atomic mass is 16.3. The average Bonchev–Trinajstić information content (AvgIpc) is 2.68. The third-order valence-corrected chi connectivity index (χ3v) is 3.71. The van der Waals surface area contributed by atoms with E-state index < -0.39 is 12.3 Å². The molecule has 1 unspecified atom stereocenters. The molecule has 0 amide bonds. The van der Waals surface area contributed by atoms with Crippen molar-refractivity contribution in [3.05, 3.63) is 59.2 Å². The maximum absolute atomic E-state index is 9.78. The van der Waals surface area contributed by atoms with Crippen molar-refractivity contribution < 1.29 is 14.3 Å². The summed E-state index contributed by atoms with van der Waals surface area (Å²) in [7, 11) is 0. The quantitative estimate of drug-likeness (QED) is 0.840. The van der Waals surface area contributed by atoms with Crippen molar-refractivity contribution in [1.29, 1.82) is 0 Å². The van der Waals surface area contributed by atoms with E-state index in [1.165, 1.54) is 31.2 Å². The number of benzene rings is 2. The van der Waals surface area contributed by atoms with Crippen LogP contribution in [0.1, 0.15) is 46.9 Å². The number of hydrogen-bond donors (Lipinski definition) is 2. The van der Waals surface area contributed by atoms with Gasteiger partial charge in [0.25, 0.3) is 0 Å². The van der Waals surface area contributed by atoms with Gasteiger partial charge >= 0.3 is 0 Å². The van der Waals surface area contributed by atoms with Crippen LogP contribution in [0.15, 0.2) is 42.5 Å². The van der Waals surface area contributed by atoms with Gasteiger partial charge in [-0.05, 0) is 58.5 Å². The van der Waals surface area contributed by atoms with Gasteiger partial charge in [-0.3, -0.25) is 0 Å². The first-order chi connectivity index (χ1) is 10.6. The highest BCUT2D eigenvalue weighted by Gasteiger charge is 2.28. The van der Waals surface area contributed by atoms with Gasteiger partial charge in [-0.2, -0.15) is 0 Å². The molecule has 20 heavy (non-hydrogen) atoms. The summed E-state index contributed by atoms with van der Waals surface area (Å²) in [6.07, 6.45) is -1.64. The van der Waals surface area contributed by atoms with Crippen LogP contribution in [0, 0.1) is 0 Å². The van der Waals surface area contributed by atoms with Gasteiger partial charge in [-0.1, -0.05) is 32.0 Å². The summed E-state index contributed by atoms with van der Waals surface area (Å²) in [5.41, 5.74) is 2.94. The first kappa shape index (κ1) is 9.65. The minimum atomic E-state index is -1.64. The molecule has 0 aromatic heterocycles. The summed E-state index contributed by atoms with van der Waals surface area (Å²) in [5, 5.41) is 19.3. The number of phenols is 2. The summed E-state index contributed by atoms with van der Waals surface area (Å²) in [6, 6.07) is 11.1. The standard InChI is InChI=1S/C18H18O2/c1-3-15-16-9-8-14(20)10-17(16)11(2)18(15)12-4-6-13(19)7-5-12/h4-11,19-20H,3H2,1-2H3/i3D2,11D. The molecule has 2 N–H and O–H groups in total. The summed E-state index contributed by atoms with van der Waals surface area (Å²) < 4.78 is 25.3. The van der Waals surface area contributed by atoms with Gasteiger partial charge in [0.15, 0.2) is 0 Å². The third-order valence-electron chi connectivity index (χ3n) is 3.71. The topological polar surface area (TPSA) is 40.5 Å². The van der Waals surface area contributed by atoms with Crippen LogP contribution in [0.2, 0.25) is 0 Å². The highest BCUT2D eigenvalue weighted by molar-refractivity contribution is 5.99. The van der Waals surface area contributed by atoms with Gasteiger partial charge in [-0.15, -0.1) is 0 Å². The lowest BCUT2D eigenvalue weighted by Gasteiger charge is -2.12. The summed E-state index contributed by atoms with van der Waals surface area (Å²) in [4.78, 5) is 0. The van der Waals surface area contributed by atoms with Crippen molar-refractivity contribution in [1.82, 2.24) is 0 Å². The van der Waals surface area contributed by atoms with Gasteiger partial charge < -0.3 is 10.2 Å². The van der Waals surface area contributed by atoms with Gasteiger partial charge in [0.2, 0.25) is 0 Å². The molecule has 0 heterocycles. The number of phenolic OH excluding ortho intramolecular Hbond substituents is 2. The molecule has 2 heteroatoms. The zero-order valence-corrected chi connectivity index (χ0v) is 11.4. The molecule has 2 aromatic rings. The molecule has 1 atom stereocenters. The zero-order chi connectivity index (χ0) is 17.0. The summed E-state index contributed by atoms with van der Waals surface area (Å²) in [5.74, 6) is -1.01. The Morgan fingerprint density at radius 3 is 2.40 bits per heavy atom. The molecule has 3 rings (SSSR count). The van der Waals surface area contributed by atoms with Crippen LogP contribution in [0.3, 0.4) is 0 Å². The molecule has 1 aliphatic carbocycles. The van der Waals surface area contributed by atoms with E-state index in [4.69, 9.17) is 4.11 Å². The molecular formula is C18H18O2. The molecule has 2 nitrogen and oxygen atoms in total. The Morgan fingerprint density at radius 1 is 1.10 bits per heavy atom. The predicted molar refractivity (Wildman–Crippen MR) is 81.7 cm³/mol. The van der Waals surface area contributed by atoms with Crippen molar-refractivity contribution in [2.45, 2.75) is 26.1 Å². The van der Waals surface area contributed by atoms with Gasteiger partial charge in [0.05, 0.1) is 0 Å². The lowest BCUT2D eigenvalue weighted by Crippen LogP contribution is -1.93. The molecule has 0 radical (unpaired) electrons. The first-order valence-corrected chi connectivity index (χ1v) is 6.51. The number of aromatic hydroxyl groups is 2. The molecule has 0 bridgehead atoms. The Kier molecular flexibility index (Phi) is 2.27. The fraction of sp³-hybridized carbons (Fsp3) is 0.222. The summed E-state index contributed by atoms with van der Waals surface area (Å²) >= 11 is 0. The Morgan fingerprint density at radius 2 is 1.75 bits per heavy atom. The minimum absolute atomic E-state index is 0.0604. The van der Waals surface area contributed by atoms with Crippen LogP contribution in [0.25, 0.3) is 11.1 Å². The predicted octanol–water partition coefficient (Wildman–Crippen LogP) is 4.54. The molecule has 102 valence electrons. The largest absolute Gasteiger partial charge is 0.508 e. The van der Waals surface area contributed by atoms with E-state index in [9.17, 15) is 10.2 Å². The number of rotatable bonds is 2. The first-order valence-electron chi connectivity index (χ1n) is 8.01. The Labute approximate surface area is 123 Å². The second-order valence-corrected chi connectivity index (χ2v) is 4.90. The van der Waals surface area contributed by atoms with E-state index in [0.717, 1.165) is 0 Å². The van der Waals surface area contributed by atoms with E-state index >= 15 is 0 Å². The molecule has 1 aliphatic rings. The Bertz CT molecular complexity index is 800. The number of fused-ring (bicyclic) bond motifs is 1. The van der Waals surface area contributed by atoms with Crippen molar-refractivity contribution >= 4 is 11.1 Å². The number of allylic oxidation sites excluding steroid dienone is 2.